The lowest BCUT2D eigenvalue weighted by atomic mass is 9.85. The molecule has 10 heteroatoms. The third-order valence-electron chi connectivity index (χ3n) is 4.87. The first-order valence-corrected chi connectivity index (χ1v) is 9.84. The van der Waals surface area contributed by atoms with Gasteiger partial charge >= 0.3 is 6.18 Å². The summed E-state index contributed by atoms with van der Waals surface area (Å²) in [6.07, 6.45) is 0.972. The summed E-state index contributed by atoms with van der Waals surface area (Å²) in [7, 11) is 1.11. The molecule has 0 aliphatic heterocycles. The second-order valence-corrected chi connectivity index (χ2v) is 7.55. The Hall–Kier alpha value is -2.00. The standard InChI is InChI=1S/C18H30F3N5O2/c1-3-22-17(23-10-15(27)26(2)11-18(19,20)21)25-14-6-4-5-12(9-14)16(28)24-13-7-8-13/h12-14H,3-11H2,1-2H3,(H,24,28)(H2,22,23,25). The minimum Gasteiger partial charge on any atom is -0.357 e. The topological polar surface area (TPSA) is 85.8 Å². The lowest BCUT2D eigenvalue weighted by Gasteiger charge is -2.30. The van der Waals surface area contributed by atoms with E-state index in [1.807, 2.05) is 6.92 Å². The molecule has 28 heavy (non-hydrogen) atoms. The van der Waals surface area contributed by atoms with Crippen LogP contribution in [0.25, 0.3) is 0 Å². The van der Waals surface area contributed by atoms with Gasteiger partial charge in [0.05, 0.1) is 0 Å². The zero-order chi connectivity index (χ0) is 20.7. The van der Waals surface area contributed by atoms with E-state index in [1.165, 1.54) is 0 Å². The summed E-state index contributed by atoms with van der Waals surface area (Å²) in [5.41, 5.74) is 0. The molecule has 2 saturated carbocycles. The number of nitrogens with one attached hydrogen (secondary N) is 3. The van der Waals surface area contributed by atoms with E-state index in [4.69, 9.17) is 0 Å². The molecular weight excluding hydrogens is 375 g/mol. The van der Waals surface area contributed by atoms with Gasteiger partial charge in [-0.15, -0.1) is 0 Å². The Morgan fingerprint density at radius 1 is 1.11 bits per heavy atom. The fraction of sp³-hybridized carbons (Fsp3) is 0.833. The predicted octanol–water partition coefficient (Wildman–Crippen LogP) is 1.40. The smallest absolute Gasteiger partial charge is 0.357 e. The fourth-order valence-electron chi connectivity index (χ4n) is 3.24. The SMILES string of the molecule is CCNC(=NCC(=O)N(C)CC(F)(F)F)NC1CCCC(C(=O)NC2CC2)C1. The monoisotopic (exact) mass is 405 g/mol. The molecule has 0 heterocycles. The molecule has 2 aliphatic carbocycles. The van der Waals surface area contributed by atoms with Gasteiger partial charge in [0, 0.05) is 31.6 Å². The van der Waals surface area contributed by atoms with Gasteiger partial charge in [-0.3, -0.25) is 9.59 Å². The molecular formula is C18H30F3N5O2. The Kier molecular flexibility index (Phi) is 7.94. The molecule has 2 fully saturated rings. The first-order valence-electron chi connectivity index (χ1n) is 9.84. The summed E-state index contributed by atoms with van der Waals surface area (Å²) in [5.74, 6) is -0.279. The number of rotatable bonds is 7. The normalized spacial score (nSPS) is 23.1. The minimum atomic E-state index is -4.44. The average Bonchev–Trinajstić information content (AvgIpc) is 3.42. The van der Waals surface area contributed by atoms with Gasteiger partial charge in [-0.25, -0.2) is 4.99 Å². The van der Waals surface area contributed by atoms with Crippen molar-refractivity contribution in [2.45, 2.75) is 63.7 Å². The fourth-order valence-corrected chi connectivity index (χ4v) is 3.24. The molecule has 2 amide bonds. The molecule has 2 unspecified atom stereocenters. The quantitative estimate of drug-likeness (QED) is 0.442. The molecule has 2 rings (SSSR count). The molecule has 7 nitrogen and oxygen atoms in total. The van der Waals surface area contributed by atoms with Crippen molar-refractivity contribution in [2.75, 3.05) is 26.7 Å². The van der Waals surface area contributed by atoms with Crippen molar-refractivity contribution in [3.8, 4) is 0 Å². The highest BCUT2D eigenvalue weighted by Crippen LogP contribution is 2.26. The van der Waals surface area contributed by atoms with E-state index < -0.39 is 18.6 Å². The Morgan fingerprint density at radius 2 is 1.82 bits per heavy atom. The van der Waals surface area contributed by atoms with E-state index in [2.05, 4.69) is 20.9 Å². The zero-order valence-corrected chi connectivity index (χ0v) is 16.4. The number of hydrogen-bond donors (Lipinski definition) is 3. The van der Waals surface area contributed by atoms with Crippen molar-refractivity contribution >= 4 is 17.8 Å². The molecule has 0 aromatic rings. The maximum absolute atomic E-state index is 12.4. The molecule has 2 aliphatic rings. The maximum Gasteiger partial charge on any atom is 0.406 e. The molecule has 160 valence electrons. The van der Waals surface area contributed by atoms with Crippen LogP contribution in [0.2, 0.25) is 0 Å². The highest BCUT2D eigenvalue weighted by Gasteiger charge is 2.32. The summed E-state index contributed by atoms with van der Waals surface area (Å²) in [6, 6.07) is 0.365. The summed E-state index contributed by atoms with van der Waals surface area (Å²) in [5, 5.41) is 9.26. The molecule has 2 atom stereocenters. The van der Waals surface area contributed by atoms with Gasteiger partial charge in [0.15, 0.2) is 5.96 Å². The number of nitrogens with zero attached hydrogens (tertiary/aromatic N) is 2. The Bertz CT molecular complexity index is 578. The van der Waals surface area contributed by atoms with E-state index in [9.17, 15) is 22.8 Å². The number of amides is 2. The van der Waals surface area contributed by atoms with Crippen LogP contribution in [0.4, 0.5) is 13.2 Å². The predicted molar refractivity (Wildman–Crippen MR) is 99.7 cm³/mol. The van der Waals surface area contributed by atoms with Crippen molar-refractivity contribution in [2.24, 2.45) is 10.9 Å². The first-order chi connectivity index (χ1) is 13.2. The van der Waals surface area contributed by atoms with Crippen molar-refractivity contribution in [1.29, 1.82) is 0 Å². The summed E-state index contributed by atoms with van der Waals surface area (Å²) in [4.78, 5) is 28.9. The Labute approximate surface area is 163 Å². The summed E-state index contributed by atoms with van der Waals surface area (Å²) in [6.45, 7) is 0.740. The first kappa shape index (κ1) is 22.3. The van der Waals surface area contributed by atoms with E-state index >= 15 is 0 Å². The minimum absolute atomic E-state index is 0.0320. The van der Waals surface area contributed by atoms with E-state index in [0.717, 1.165) is 39.2 Å². The summed E-state index contributed by atoms with van der Waals surface area (Å²) >= 11 is 0. The maximum atomic E-state index is 12.4. The molecule has 0 aromatic carbocycles. The second-order valence-electron chi connectivity index (χ2n) is 7.55. The van der Waals surface area contributed by atoms with E-state index in [1.54, 1.807) is 0 Å². The highest BCUT2D eigenvalue weighted by molar-refractivity contribution is 5.85. The molecule has 0 bridgehead atoms. The molecule has 3 N–H and O–H groups in total. The van der Waals surface area contributed by atoms with E-state index in [0.29, 0.717) is 29.9 Å². The third-order valence-corrected chi connectivity index (χ3v) is 4.87. The van der Waals surface area contributed by atoms with Gasteiger partial charge in [0.25, 0.3) is 0 Å². The van der Waals surface area contributed by atoms with Crippen molar-refractivity contribution < 1.29 is 22.8 Å². The Morgan fingerprint density at radius 3 is 2.43 bits per heavy atom. The van der Waals surface area contributed by atoms with Gasteiger partial charge in [-0.1, -0.05) is 6.42 Å². The van der Waals surface area contributed by atoms with Gasteiger partial charge < -0.3 is 20.9 Å². The summed E-state index contributed by atoms with van der Waals surface area (Å²) < 4.78 is 37.2. The number of likely N-dealkylation sites (N-methyl/N-ethyl adjacent to an activating group) is 1. The lowest BCUT2D eigenvalue weighted by Crippen LogP contribution is -2.47. The molecule has 0 saturated heterocycles. The third kappa shape index (κ3) is 7.93. The number of carbonyl (C=O) groups excluding carboxylic acids is 2. The zero-order valence-electron chi connectivity index (χ0n) is 16.4. The van der Waals surface area contributed by atoms with Crippen molar-refractivity contribution in [3.05, 3.63) is 0 Å². The largest absolute Gasteiger partial charge is 0.406 e. The number of alkyl halides is 3. The van der Waals surface area contributed by atoms with Crippen LogP contribution in [0.3, 0.4) is 0 Å². The lowest BCUT2D eigenvalue weighted by molar-refractivity contribution is -0.157. The highest BCUT2D eigenvalue weighted by atomic mass is 19.4. The van der Waals surface area contributed by atoms with Crippen molar-refractivity contribution in [3.63, 3.8) is 0 Å². The van der Waals surface area contributed by atoms with Crippen LogP contribution in [0.5, 0.6) is 0 Å². The molecule has 0 radical (unpaired) electrons. The average molecular weight is 405 g/mol. The van der Waals surface area contributed by atoms with Gasteiger partial charge in [-0.05, 0) is 39.0 Å². The number of guanidine groups is 1. The number of hydrogen-bond acceptors (Lipinski definition) is 3. The van der Waals surface area contributed by atoms with Crippen LogP contribution in [0.1, 0.15) is 45.4 Å². The number of halogens is 3. The van der Waals surface area contributed by atoms with Gasteiger partial charge in [0.1, 0.15) is 13.1 Å². The number of carbonyl (C=O) groups is 2. The van der Waals surface area contributed by atoms with Crippen LogP contribution in [-0.2, 0) is 9.59 Å². The van der Waals surface area contributed by atoms with Crippen molar-refractivity contribution in [1.82, 2.24) is 20.9 Å². The molecule has 0 aromatic heterocycles. The Balaban J connectivity index is 1.87. The van der Waals surface area contributed by atoms with Crippen LogP contribution < -0.4 is 16.0 Å². The van der Waals surface area contributed by atoms with Crippen LogP contribution in [0, 0.1) is 5.92 Å². The van der Waals surface area contributed by atoms with Crippen LogP contribution in [-0.4, -0.2) is 67.6 Å². The van der Waals surface area contributed by atoms with Gasteiger partial charge in [-0.2, -0.15) is 13.2 Å². The van der Waals surface area contributed by atoms with Crippen LogP contribution >= 0.6 is 0 Å². The number of aliphatic imine (C=N–C) groups is 1. The van der Waals surface area contributed by atoms with E-state index in [-0.39, 0.29) is 24.4 Å². The van der Waals surface area contributed by atoms with Gasteiger partial charge in [0.2, 0.25) is 11.8 Å². The molecule has 0 spiro atoms. The second kappa shape index (κ2) is 9.97. The van der Waals surface area contributed by atoms with Crippen LogP contribution in [0.15, 0.2) is 4.99 Å².